The van der Waals surface area contributed by atoms with Crippen molar-refractivity contribution in [1.29, 1.82) is 0 Å². The van der Waals surface area contributed by atoms with Gasteiger partial charge >= 0.3 is 5.97 Å². The van der Waals surface area contributed by atoms with Crippen molar-refractivity contribution in [3.8, 4) is 56.3 Å². The predicted octanol–water partition coefficient (Wildman–Crippen LogP) is 12.5. The lowest BCUT2D eigenvalue weighted by atomic mass is 9.99. The van der Waals surface area contributed by atoms with Crippen LogP contribution in [-0.2, 0) is 4.74 Å². The topological polar surface area (TPSA) is 83.7 Å². The Balaban J connectivity index is 1.36. The fourth-order valence-corrected chi connectivity index (χ4v) is 7.96. The molecule has 0 atom stereocenters. The van der Waals surface area contributed by atoms with E-state index < -0.39 is 5.97 Å². The molecule has 3 aromatic heterocycles. The van der Waals surface area contributed by atoms with Gasteiger partial charge in [0.15, 0.2) is 0 Å². The maximum atomic E-state index is 12.2. The first-order chi connectivity index (χ1) is 29.6. The monoisotopic (exact) mass is 772 g/mol. The molecule has 5 heterocycles. The molecule has 10 rings (SSSR count). The third kappa shape index (κ3) is 6.81. The Labute approximate surface area is 347 Å². The Bertz CT molecular complexity index is 3220. The molecule has 2 aliphatic heterocycles. The number of hydrogen-bond acceptors (Lipinski definition) is 4. The van der Waals surface area contributed by atoms with Crippen molar-refractivity contribution >= 4 is 51.8 Å². The van der Waals surface area contributed by atoms with Crippen LogP contribution < -0.4 is 0 Å². The van der Waals surface area contributed by atoms with Crippen LogP contribution in [0.3, 0.4) is 0 Å². The summed E-state index contributed by atoms with van der Waals surface area (Å²) in [6, 6.07) is 57.2. The van der Waals surface area contributed by atoms with E-state index >= 15 is 0 Å². The van der Waals surface area contributed by atoms with Gasteiger partial charge in [-0.1, -0.05) is 133 Å². The van der Waals surface area contributed by atoms with Crippen LogP contribution in [0.1, 0.15) is 38.7 Å². The van der Waals surface area contributed by atoms with Crippen LogP contribution >= 0.6 is 0 Å². The molecule has 0 fully saturated rings. The van der Waals surface area contributed by atoms with Crippen LogP contribution in [0.15, 0.2) is 170 Å². The number of esters is 1. The number of ether oxygens (including phenoxy) is 1. The maximum Gasteiger partial charge on any atom is 0.337 e. The number of aromatic amines is 2. The minimum absolute atomic E-state index is 0.392. The van der Waals surface area contributed by atoms with E-state index in [4.69, 9.17) is 14.7 Å². The zero-order valence-electron chi connectivity index (χ0n) is 32.6. The Morgan fingerprint density at radius 3 is 1.33 bits per heavy atom. The molecule has 0 saturated carbocycles. The van der Waals surface area contributed by atoms with Gasteiger partial charge in [0.05, 0.1) is 41.0 Å². The zero-order valence-corrected chi connectivity index (χ0v) is 32.6. The number of H-pyrrole nitrogens is 2. The van der Waals surface area contributed by atoms with Crippen LogP contribution in [0.25, 0.3) is 90.4 Å². The summed E-state index contributed by atoms with van der Waals surface area (Å²) in [6.45, 7) is 0. The highest BCUT2D eigenvalue weighted by atomic mass is 16.5. The minimum Gasteiger partial charge on any atom is -0.465 e. The smallest absolute Gasteiger partial charge is 0.337 e. The number of benzene rings is 5. The maximum absolute atomic E-state index is 12.2. The summed E-state index contributed by atoms with van der Waals surface area (Å²) in [4.78, 5) is 30.8. The van der Waals surface area contributed by atoms with Crippen LogP contribution in [0.5, 0.6) is 0 Å². The number of aromatic nitrogens is 4. The molecule has 2 aliphatic rings. The standard InChI is InChI=1S/C54H36N4O2/c1-60-54(59)40-25-22-35(23-26-40)24-27-41-34-48-51(38-18-10-4-11-19-38)46-31-30-44(56-46)49(36-14-6-2-7-15-36)42-28-29-43(55-42)50(37-16-8-3-9-17-37)45-32-33-47(57-45)52(53(41)58-48)39-20-12-5-13-21-39/h2-23,25-26,28-34,56-57H,1H3. The number of rotatable bonds is 5. The SMILES string of the molecule is COC(=O)c1ccc(C#CC2=Cc3nc2c(-c2ccccc2)c2ccc([nH]2)c(-c2ccccc2)c2nc(c(-c4ccccc4)c4ccc([nH]4)c3-c3ccccc3)C=C2)cc1. The molecule has 60 heavy (non-hydrogen) atoms. The molecule has 8 bridgehead atoms. The molecule has 0 aliphatic carbocycles. The second kappa shape index (κ2) is 15.6. The van der Waals surface area contributed by atoms with E-state index in [1.165, 1.54) is 7.11 Å². The van der Waals surface area contributed by atoms with Crippen LogP contribution in [0, 0.1) is 11.8 Å². The van der Waals surface area contributed by atoms with Crippen molar-refractivity contribution in [1.82, 2.24) is 19.9 Å². The summed E-state index contributed by atoms with van der Waals surface area (Å²) < 4.78 is 4.93. The van der Waals surface area contributed by atoms with Gasteiger partial charge < -0.3 is 14.7 Å². The van der Waals surface area contributed by atoms with E-state index in [1.54, 1.807) is 12.1 Å². The van der Waals surface area contributed by atoms with Gasteiger partial charge in [-0.05, 0) is 89.0 Å². The number of fused-ring (bicyclic) bond motifs is 8. The van der Waals surface area contributed by atoms with Crippen molar-refractivity contribution in [2.45, 2.75) is 0 Å². The van der Waals surface area contributed by atoms with Gasteiger partial charge in [0.1, 0.15) is 0 Å². The molecule has 0 amide bonds. The van der Waals surface area contributed by atoms with Gasteiger partial charge in [-0.3, -0.25) is 0 Å². The first kappa shape index (κ1) is 36.1. The number of carbonyl (C=O) groups excluding carboxylic acids is 1. The van der Waals surface area contributed by atoms with Crippen LogP contribution in [-0.4, -0.2) is 33.0 Å². The molecule has 0 saturated heterocycles. The van der Waals surface area contributed by atoms with Crippen molar-refractivity contribution < 1.29 is 9.53 Å². The number of allylic oxidation sites excluding steroid dienone is 1. The highest BCUT2D eigenvalue weighted by Gasteiger charge is 2.22. The van der Waals surface area contributed by atoms with Crippen LogP contribution in [0.4, 0.5) is 0 Å². The normalized spacial score (nSPS) is 11.7. The molecule has 8 aromatic rings. The second-order valence-electron chi connectivity index (χ2n) is 14.5. The fourth-order valence-electron chi connectivity index (χ4n) is 7.96. The fraction of sp³-hybridized carbons (Fsp3) is 0.0185. The lowest BCUT2D eigenvalue weighted by molar-refractivity contribution is 0.0600. The van der Waals surface area contributed by atoms with Gasteiger partial charge in [-0.15, -0.1) is 0 Å². The van der Waals surface area contributed by atoms with Crippen molar-refractivity contribution in [2.24, 2.45) is 0 Å². The van der Waals surface area contributed by atoms with Gasteiger partial charge in [0, 0.05) is 49.9 Å². The van der Waals surface area contributed by atoms with E-state index in [1.807, 2.05) is 60.7 Å². The van der Waals surface area contributed by atoms with Gasteiger partial charge in [-0.25, -0.2) is 14.8 Å². The molecule has 2 N–H and O–H groups in total. The quantitative estimate of drug-likeness (QED) is 0.135. The molecule has 6 heteroatoms. The van der Waals surface area contributed by atoms with Crippen LogP contribution in [0.2, 0.25) is 0 Å². The van der Waals surface area contributed by atoms with Crippen molar-refractivity contribution in [2.75, 3.05) is 7.11 Å². The van der Waals surface area contributed by atoms with E-state index in [0.29, 0.717) is 5.56 Å². The molecule has 0 spiro atoms. The lowest BCUT2D eigenvalue weighted by Crippen LogP contribution is -2.00. The first-order valence-electron chi connectivity index (χ1n) is 19.7. The van der Waals surface area contributed by atoms with E-state index in [9.17, 15) is 4.79 Å². The molecule has 0 radical (unpaired) electrons. The number of nitrogens with zero attached hydrogens (tertiary/aromatic N) is 2. The number of hydrogen-bond donors (Lipinski definition) is 2. The molecule has 0 unspecified atom stereocenters. The summed E-state index contributed by atoms with van der Waals surface area (Å²) >= 11 is 0. The third-order valence-electron chi connectivity index (χ3n) is 10.8. The molecular formula is C54H36N4O2. The van der Waals surface area contributed by atoms with Crippen molar-refractivity contribution in [3.05, 3.63) is 204 Å². The first-order valence-corrected chi connectivity index (χ1v) is 19.7. The molecule has 284 valence electrons. The summed E-state index contributed by atoms with van der Waals surface area (Å²) in [5.74, 6) is 6.49. The average molecular weight is 773 g/mol. The zero-order chi connectivity index (χ0) is 40.4. The highest BCUT2D eigenvalue weighted by Crippen LogP contribution is 2.40. The van der Waals surface area contributed by atoms with Gasteiger partial charge in [0.2, 0.25) is 0 Å². The Morgan fingerprint density at radius 2 is 0.883 bits per heavy atom. The number of methoxy groups -OCH3 is 1. The van der Waals surface area contributed by atoms with Crippen molar-refractivity contribution in [3.63, 3.8) is 0 Å². The minimum atomic E-state index is -0.392. The summed E-state index contributed by atoms with van der Waals surface area (Å²) in [5.41, 5.74) is 16.8. The average Bonchev–Trinajstić information content (AvgIpc) is 4.15. The third-order valence-corrected chi connectivity index (χ3v) is 10.8. The van der Waals surface area contributed by atoms with E-state index in [2.05, 4.69) is 137 Å². The molecule has 6 nitrogen and oxygen atoms in total. The Kier molecular flexibility index (Phi) is 9.37. The Hall–Kier alpha value is -8.27. The lowest BCUT2D eigenvalue weighted by Gasteiger charge is -2.07. The summed E-state index contributed by atoms with van der Waals surface area (Å²) in [6.07, 6.45) is 6.32. The molecular weight excluding hydrogens is 737 g/mol. The largest absolute Gasteiger partial charge is 0.465 e. The summed E-state index contributed by atoms with van der Waals surface area (Å²) in [5, 5.41) is 0. The second-order valence-corrected chi connectivity index (χ2v) is 14.5. The highest BCUT2D eigenvalue weighted by molar-refractivity contribution is 6.05. The summed E-state index contributed by atoms with van der Waals surface area (Å²) in [7, 11) is 1.38. The van der Waals surface area contributed by atoms with Gasteiger partial charge in [0.25, 0.3) is 0 Å². The number of carbonyl (C=O) groups is 1. The molecule has 5 aromatic carbocycles. The predicted molar refractivity (Wildman–Crippen MR) is 244 cm³/mol. The van der Waals surface area contributed by atoms with E-state index in [0.717, 1.165) is 100 Å². The Morgan fingerprint density at radius 1 is 0.467 bits per heavy atom. The van der Waals surface area contributed by atoms with Gasteiger partial charge in [-0.2, -0.15) is 0 Å². The van der Waals surface area contributed by atoms with E-state index in [-0.39, 0.29) is 0 Å². The number of nitrogens with one attached hydrogen (secondary N) is 2.